The Labute approximate surface area is 185 Å². The highest BCUT2D eigenvalue weighted by atomic mass is 16.2. The van der Waals surface area contributed by atoms with Crippen molar-refractivity contribution in [2.24, 2.45) is 17.8 Å². The summed E-state index contributed by atoms with van der Waals surface area (Å²) >= 11 is 0. The highest BCUT2D eigenvalue weighted by Gasteiger charge is 2.32. The first-order valence-electron chi connectivity index (χ1n) is 11.8. The molecule has 1 aliphatic heterocycles. The number of pyridine rings is 1. The Morgan fingerprint density at radius 3 is 2.52 bits per heavy atom. The zero-order chi connectivity index (χ0) is 22.1. The summed E-state index contributed by atoms with van der Waals surface area (Å²) < 4.78 is 0. The Kier molecular flexibility index (Phi) is 6.31. The summed E-state index contributed by atoms with van der Waals surface area (Å²) in [4.78, 5) is 33.2. The monoisotopic (exact) mass is 421 g/mol. The molecule has 2 unspecified atom stereocenters. The normalized spacial score (nSPS) is 20.5. The van der Waals surface area contributed by atoms with E-state index in [1.807, 2.05) is 29.2 Å². The predicted molar refractivity (Wildman–Crippen MR) is 124 cm³/mol. The molecular formula is C26H35N3O2. The molecule has 5 nitrogen and oxygen atoms in total. The number of amides is 2. The standard InChI is InChI=1S/C26H35N3O2/c1-16(2)18(4)27-25(30)19-11-13-29(14-12-19)26(31)24-20-7-5-6-8-22(20)28-23-10-9-17(3)15-21(23)24/h5-8,16-19H,9-15H2,1-4H3,(H,27,30). The Hall–Kier alpha value is -2.43. The number of piperidine rings is 1. The molecule has 31 heavy (non-hydrogen) atoms. The number of carbonyl (C=O) groups is 2. The minimum Gasteiger partial charge on any atom is -0.353 e. The number of nitrogens with zero attached hydrogens (tertiary/aromatic N) is 2. The Morgan fingerprint density at radius 2 is 1.81 bits per heavy atom. The van der Waals surface area contributed by atoms with Gasteiger partial charge in [-0.25, -0.2) is 0 Å². The maximum atomic E-state index is 13.7. The van der Waals surface area contributed by atoms with E-state index in [2.05, 4.69) is 33.0 Å². The van der Waals surface area contributed by atoms with E-state index in [1.165, 1.54) is 0 Å². The molecule has 1 fully saturated rings. The van der Waals surface area contributed by atoms with E-state index in [0.717, 1.165) is 59.8 Å². The smallest absolute Gasteiger partial charge is 0.254 e. The van der Waals surface area contributed by atoms with Gasteiger partial charge in [0.15, 0.2) is 0 Å². The molecule has 1 saturated heterocycles. The number of likely N-dealkylation sites (tertiary alicyclic amines) is 1. The van der Waals surface area contributed by atoms with Crippen molar-refractivity contribution in [1.29, 1.82) is 0 Å². The molecular weight excluding hydrogens is 386 g/mol. The summed E-state index contributed by atoms with van der Waals surface area (Å²) in [7, 11) is 0. The molecule has 2 heterocycles. The maximum Gasteiger partial charge on any atom is 0.254 e. The van der Waals surface area contributed by atoms with Crippen LogP contribution in [0.5, 0.6) is 0 Å². The highest BCUT2D eigenvalue weighted by molar-refractivity contribution is 6.07. The zero-order valence-electron chi connectivity index (χ0n) is 19.3. The van der Waals surface area contributed by atoms with Crippen LogP contribution in [0.3, 0.4) is 0 Å². The van der Waals surface area contributed by atoms with Gasteiger partial charge in [0, 0.05) is 36.1 Å². The van der Waals surface area contributed by atoms with Gasteiger partial charge in [0.1, 0.15) is 0 Å². The molecule has 2 atom stereocenters. The number of nitrogens with one attached hydrogen (secondary N) is 1. The summed E-state index contributed by atoms with van der Waals surface area (Å²) in [6.07, 6.45) is 4.44. The second-order valence-electron chi connectivity index (χ2n) is 9.88. The molecule has 2 amide bonds. The van der Waals surface area contributed by atoms with Crippen LogP contribution in [0.4, 0.5) is 0 Å². The van der Waals surface area contributed by atoms with Crippen molar-refractivity contribution in [3.63, 3.8) is 0 Å². The molecule has 0 saturated carbocycles. The van der Waals surface area contributed by atoms with Crippen LogP contribution in [0.1, 0.15) is 68.6 Å². The van der Waals surface area contributed by atoms with Crippen LogP contribution in [-0.2, 0) is 17.6 Å². The SMILES string of the molecule is CC1CCc2nc3ccccc3c(C(=O)N3CCC(C(=O)NC(C)C(C)C)CC3)c2C1. The molecule has 5 heteroatoms. The van der Waals surface area contributed by atoms with Gasteiger partial charge in [0.25, 0.3) is 5.91 Å². The van der Waals surface area contributed by atoms with Gasteiger partial charge in [-0.05, 0) is 62.5 Å². The molecule has 0 radical (unpaired) electrons. The van der Waals surface area contributed by atoms with Crippen molar-refractivity contribution < 1.29 is 9.59 Å². The molecule has 2 aromatic rings. The van der Waals surface area contributed by atoms with Crippen molar-refractivity contribution in [2.45, 2.75) is 65.8 Å². The van der Waals surface area contributed by atoms with E-state index in [9.17, 15) is 9.59 Å². The number of carbonyl (C=O) groups excluding carboxylic acids is 2. The quantitative estimate of drug-likeness (QED) is 0.797. The fourth-order valence-corrected chi connectivity index (χ4v) is 4.82. The highest BCUT2D eigenvalue weighted by Crippen LogP contribution is 2.33. The van der Waals surface area contributed by atoms with Gasteiger partial charge in [-0.15, -0.1) is 0 Å². The minimum absolute atomic E-state index is 0.00614. The first kappa shape index (κ1) is 21.8. The summed E-state index contributed by atoms with van der Waals surface area (Å²) in [5.41, 5.74) is 4.00. The number of aryl methyl sites for hydroxylation is 1. The molecule has 1 N–H and O–H groups in total. The fourth-order valence-electron chi connectivity index (χ4n) is 4.82. The summed E-state index contributed by atoms with van der Waals surface area (Å²) in [5.74, 6) is 1.22. The predicted octanol–water partition coefficient (Wildman–Crippen LogP) is 4.37. The largest absolute Gasteiger partial charge is 0.353 e. The van der Waals surface area contributed by atoms with Gasteiger partial charge in [-0.2, -0.15) is 0 Å². The first-order valence-corrected chi connectivity index (χ1v) is 11.8. The molecule has 0 spiro atoms. The molecule has 166 valence electrons. The lowest BCUT2D eigenvalue weighted by atomic mass is 9.83. The van der Waals surface area contributed by atoms with Gasteiger partial charge in [0.2, 0.25) is 5.91 Å². The van der Waals surface area contributed by atoms with Gasteiger partial charge < -0.3 is 10.2 Å². The van der Waals surface area contributed by atoms with Crippen LogP contribution in [0.25, 0.3) is 10.9 Å². The van der Waals surface area contributed by atoms with Crippen molar-refractivity contribution >= 4 is 22.7 Å². The fraction of sp³-hybridized carbons (Fsp3) is 0.577. The van der Waals surface area contributed by atoms with E-state index >= 15 is 0 Å². The third-order valence-corrected chi connectivity index (χ3v) is 7.24. The average Bonchev–Trinajstić information content (AvgIpc) is 2.77. The van der Waals surface area contributed by atoms with Crippen molar-refractivity contribution in [1.82, 2.24) is 15.2 Å². The van der Waals surface area contributed by atoms with Crippen molar-refractivity contribution in [3.05, 3.63) is 41.1 Å². The molecule has 2 aliphatic rings. The van der Waals surface area contributed by atoms with Gasteiger partial charge >= 0.3 is 0 Å². The third kappa shape index (κ3) is 4.46. The summed E-state index contributed by atoms with van der Waals surface area (Å²) in [5, 5.41) is 4.11. The molecule has 1 aromatic heterocycles. The Balaban J connectivity index is 1.54. The lowest BCUT2D eigenvalue weighted by Crippen LogP contribution is -2.46. The van der Waals surface area contributed by atoms with E-state index in [0.29, 0.717) is 24.9 Å². The van der Waals surface area contributed by atoms with Crippen LogP contribution in [0, 0.1) is 17.8 Å². The summed E-state index contributed by atoms with van der Waals surface area (Å²) in [6, 6.07) is 8.19. The van der Waals surface area contributed by atoms with Crippen LogP contribution < -0.4 is 5.32 Å². The second-order valence-corrected chi connectivity index (χ2v) is 9.88. The molecule has 0 bridgehead atoms. The van der Waals surface area contributed by atoms with Gasteiger partial charge in [-0.3, -0.25) is 14.6 Å². The number of benzene rings is 1. The Morgan fingerprint density at radius 1 is 1.10 bits per heavy atom. The number of para-hydroxylation sites is 1. The van der Waals surface area contributed by atoms with Gasteiger partial charge in [-0.1, -0.05) is 39.0 Å². The molecule has 1 aliphatic carbocycles. The first-order chi connectivity index (χ1) is 14.8. The van der Waals surface area contributed by atoms with Crippen molar-refractivity contribution in [2.75, 3.05) is 13.1 Å². The zero-order valence-corrected chi connectivity index (χ0v) is 19.3. The topological polar surface area (TPSA) is 62.3 Å². The third-order valence-electron chi connectivity index (χ3n) is 7.24. The second kappa shape index (κ2) is 8.97. The van der Waals surface area contributed by atoms with Crippen LogP contribution in [0.15, 0.2) is 24.3 Å². The molecule has 4 rings (SSSR count). The van der Waals surface area contributed by atoms with E-state index in [-0.39, 0.29) is 23.8 Å². The molecule has 1 aromatic carbocycles. The van der Waals surface area contributed by atoms with Crippen molar-refractivity contribution in [3.8, 4) is 0 Å². The van der Waals surface area contributed by atoms with Gasteiger partial charge in [0.05, 0.1) is 11.1 Å². The van der Waals surface area contributed by atoms with E-state index < -0.39 is 0 Å². The van der Waals surface area contributed by atoms with Crippen LogP contribution >= 0.6 is 0 Å². The van der Waals surface area contributed by atoms with Crippen LogP contribution in [-0.4, -0.2) is 40.8 Å². The number of aromatic nitrogens is 1. The Bertz CT molecular complexity index is 976. The number of hydrogen-bond donors (Lipinski definition) is 1. The minimum atomic E-state index is -0.00614. The average molecular weight is 422 g/mol. The maximum absolute atomic E-state index is 13.7. The van der Waals surface area contributed by atoms with E-state index in [4.69, 9.17) is 4.98 Å². The number of hydrogen-bond acceptors (Lipinski definition) is 3. The number of fused-ring (bicyclic) bond motifs is 2. The lowest BCUT2D eigenvalue weighted by molar-refractivity contribution is -0.127. The lowest BCUT2D eigenvalue weighted by Gasteiger charge is -2.34. The van der Waals surface area contributed by atoms with E-state index in [1.54, 1.807) is 0 Å². The summed E-state index contributed by atoms with van der Waals surface area (Å²) in [6.45, 7) is 9.82. The van der Waals surface area contributed by atoms with Crippen LogP contribution in [0.2, 0.25) is 0 Å². The number of rotatable bonds is 4.